The minimum Gasteiger partial charge on any atom is -0.444 e. The number of carbonyl (C=O) groups is 1. The zero-order valence-corrected chi connectivity index (χ0v) is 14.0. The third-order valence-corrected chi connectivity index (χ3v) is 4.20. The van der Waals surface area contributed by atoms with Crippen molar-refractivity contribution < 1.29 is 9.53 Å². The van der Waals surface area contributed by atoms with Crippen LogP contribution in [0.3, 0.4) is 0 Å². The van der Waals surface area contributed by atoms with Gasteiger partial charge in [0.15, 0.2) is 0 Å². The summed E-state index contributed by atoms with van der Waals surface area (Å²) in [7, 11) is 0. The molecule has 2 rings (SSSR count). The van der Waals surface area contributed by atoms with Gasteiger partial charge in [-0.3, -0.25) is 0 Å². The van der Waals surface area contributed by atoms with Crippen LogP contribution in [-0.4, -0.2) is 29.7 Å². The minimum atomic E-state index is -0.441. The van der Waals surface area contributed by atoms with E-state index in [1.165, 1.54) is 5.57 Å². The Morgan fingerprint density at radius 1 is 1.38 bits per heavy atom. The molecule has 4 heteroatoms. The van der Waals surface area contributed by atoms with Crippen LogP contribution in [0.1, 0.15) is 40.5 Å². The van der Waals surface area contributed by atoms with Crippen molar-refractivity contribution in [2.45, 2.75) is 46.1 Å². The quantitative estimate of drug-likeness (QED) is 0.660. The van der Waals surface area contributed by atoms with E-state index in [1.807, 2.05) is 27.7 Å². The van der Waals surface area contributed by atoms with Crippen LogP contribution in [0.25, 0.3) is 0 Å². The van der Waals surface area contributed by atoms with E-state index in [-0.39, 0.29) is 6.09 Å². The van der Waals surface area contributed by atoms with Gasteiger partial charge < -0.3 is 9.64 Å². The Labute approximate surface area is 132 Å². The van der Waals surface area contributed by atoms with E-state index in [9.17, 15) is 4.79 Å². The Balaban J connectivity index is 1.95. The maximum atomic E-state index is 12.0. The van der Waals surface area contributed by atoms with Gasteiger partial charge in [-0.2, -0.15) is 0 Å². The van der Waals surface area contributed by atoms with Crippen LogP contribution in [0.15, 0.2) is 34.4 Å². The predicted octanol–water partition coefficient (Wildman–Crippen LogP) is 4.64. The van der Waals surface area contributed by atoms with E-state index in [2.05, 4.69) is 18.2 Å². The van der Waals surface area contributed by atoms with Crippen LogP contribution in [0, 0.1) is 5.92 Å². The molecule has 2 aliphatic rings. The first kappa shape index (κ1) is 16.2. The largest absolute Gasteiger partial charge is 0.444 e. The first-order valence-electron chi connectivity index (χ1n) is 7.47. The van der Waals surface area contributed by atoms with Crippen molar-refractivity contribution in [1.29, 1.82) is 0 Å². The molecule has 0 bridgehead atoms. The van der Waals surface area contributed by atoms with Crippen LogP contribution >= 0.6 is 11.6 Å². The van der Waals surface area contributed by atoms with Gasteiger partial charge in [-0.1, -0.05) is 35.4 Å². The van der Waals surface area contributed by atoms with Gasteiger partial charge in [0.2, 0.25) is 0 Å². The van der Waals surface area contributed by atoms with E-state index in [0.29, 0.717) is 19.0 Å². The Kier molecular flexibility index (Phi) is 4.82. The Bertz CT molecular complexity index is 511. The number of amides is 1. The number of nitrogens with zero attached hydrogens (tertiary/aromatic N) is 1. The minimum absolute atomic E-state index is 0.231. The lowest BCUT2D eigenvalue weighted by Gasteiger charge is -2.31. The van der Waals surface area contributed by atoms with Crippen molar-refractivity contribution in [3.63, 3.8) is 0 Å². The summed E-state index contributed by atoms with van der Waals surface area (Å²) in [6.07, 6.45) is 8.12. The number of hydrogen-bond donors (Lipinski definition) is 0. The van der Waals surface area contributed by atoms with E-state index in [4.69, 9.17) is 16.3 Å². The molecule has 0 saturated carbocycles. The molecule has 0 radical (unpaired) electrons. The first-order chi connectivity index (χ1) is 9.76. The lowest BCUT2D eigenvalue weighted by atomic mass is 9.87. The van der Waals surface area contributed by atoms with Crippen LogP contribution in [0.2, 0.25) is 0 Å². The molecule has 1 heterocycles. The highest BCUT2D eigenvalue weighted by Gasteiger charge is 2.25. The van der Waals surface area contributed by atoms with E-state index in [0.717, 1.165) is 23.4 Å². The third-order valence-electron chi connectivity index (χ3n) is 3.77. The smallest absolute Gasteiger partial charge is 0.410 e. The number of ether oxygens (including phenoxy) is 1. The topological polar surface area (TPSA) is 29.5 Å². The highest BCUT2D eigenvalue weighted by Crippen LogP contribution is 2.32. The number of halogens is 1. The fraction of sp³-hybridized carbons (Fsp3) is 0.588. The number of hydrogen-bond acceptors (Lipinski definition) is 2. The maximum Gasteiger partial charge on any atom is 0.410 e. The van der Waals surface area contributed by atoms with Crippen molar-refractivity contribution in [2.75, 3.05) is 13.1 Å². The number of rotatable bonds is 1. The maximum absolute atomic E-state index is 12.0. The molecule has 21 heavy (non-hydrogen) atoms. The van der Waals surface area contributed by atoms with E-state index >= 15 is 0 Å². The van der Waals surface area contributed by atoms with Gasteiger partial charge in [-0.25, -0.2) is 4.79 Å². The summed E-state index contributed by atoms with van der Waals surface area (Å²) in [5.74, 6) is 0.377. The normalized spacial score (nSPS) is 23.2. The molecule has 116 valence electrons. The molecule has 0 aromatic carbocycles. The summed E-state index contributed by atoms with van der Waals surface area (Å²) in [4.78, 5) is 13.8. The number of carbonyl (C=O) groups excluding carboxylic acids is 1. The monoisotopic (exact) mass is 309 g/mol. The molecule has 0 aromatic rings. The van der Waals surface area contributed by atoms with Crippen molar-refractivity contribution in [3.8, 4) is 0 Å². The Morgan fingerprint density at radius 3 is 2.62 bits per heavy atom. The molecule has 1 aliphatic heterocycles. The van der Waals surface area contributed by atoms with Gasteiger partial charge in [0.25, 0.3) is 0 Å². The molecule has 0 N–H and O–H groups in total. The van der Waals surface area contributed by atoms with Crippen molar-refractivity contribution >= 4 is 17.7 Å². The molecule has 1 aliphatic carbocycles. The summed E-state index contributed by atoms with van der Waals surface area (Å²) < 4.78 is 5.40. The molecule has 1 unspecified atom stereocenters. The third kappa shape index (κ3) is 4.37. The van der Waals surface area contributed by atoms with E-state index < -0.39 is 5.60 Å². The van der Waals surface area contributed by atoms with Crippen LogP contribution in [0.4, 0.5) is 4.79 Å². The van der Waals surface area contributed by atoms with Gasteiger partial charge in [0.05, 0.1) is 0 Å². The van der Waals surface area contributed by atoms with Crippen molar-refractivity contribution in [3.05, 3.63) is 34.4 Å². The Hall–Kier alpha value is -1.22. The molecule has 0 aromatic heterocycles. The zero-order valence-electron chi connectivity index (χ0n) is 13.3. The summed E-state index contributed by atoms with van der Waals surface area (Å²) in [5, 5.41) is 0.849. The zero-order chi connectivity index (χ0) is 15.6. The summed E-state index contributed by atoms with van der Waals surface area (Å²) in [6, 6.07) is 0. The highest BCUT2D eigenvalue weighted by atomic mass is 35.5. The highest BCUT2D eigenvalue weighted by molar-refractivity contribution is 6.32. The fourth-order valence-corrected chi connectivity index (χ4v) is 2.78. The van der Waals surface area contributed by atoms with Crippen LogP contribution in [-0.2, 0) is 4.74 Å². The summed E-state index contributed by atoms with van der Waals surface area (Å²) in [6.45, 7) is 9.04. The first-order valence-corrected chi connectivity index (χ1v) is 7.85. The van der Waals surface area contributed by atoms with Crippen molar-refractivity contribution in [2.24, 2.45) is 5.92 Å². The lowest BCUT2D eigenvalue weighted by Crippen LogP contribution is -2.39. The summed E-state index contributed by atoms with van der Waals surface area (Å²) in [5.41, 5.74) is 2.08. The molecular weight excluding hydrogens is 286 g/mol. The average molecular weight is 310 g/mol. The predicted molar refractivity (Wildman–Crippen MR) is 86.3 cm³/mol. The van der Waals surface area contributed by atoms with Crippen molar-refractivity contribution in [1.82, 2.24) is 4.90 Å². The molecule has 1 amide bonds. The molecule has 0 fully saturated rings. The molecule has 0 spiro atoms. The lowest BCUT2D eigenvalue weighted by molar-refractivity contribution is 0.0264. The van der Waals surface area contributed by atoms with Gasteiger partial charge in [0, 0.05) is 24.0 Å². The van der Waals surface area contributed by atoms with Gasteiger partial charge in [-0.05, 0) is 46.1 Å². The second-order valence-electron chi connectivity index (χ2n) is 6.70. The van der Waals surface area contributed by atoms with Crippen LogP contribution in [0.5, 0.6) is 0 Å². The van der Waals surface area contributed by atoms with Gasteiger partial charge in [-0.15, -0.1) is 0 Å². The molecular formula is C17H24ClNO2. The second-order valence-corrected chi connectivity index (χ2v) is 7.11. The molecule has 1 atom stereocenters. The fourth-order valence-electron chi connectivity index (χ4n) is 2.55. The summed E-state index contributed by atoms with van der Waals surface area (Å²) >= 11 is 6.21. The molecule has 3 nitrogen and oxygen atoms in total. The van der Waals surface area contributed by atoms with Crippen LogP contribution < -0.4 is 0 Å². The average Bonchev–Trinajstić information content (AvgIpc) is 2.40. The molecule has 0 saturated heterocycles. The second kappa shape index (κ2) is 6.27. The SMILES string of the molecule is CC1=CCC(C2=CCN(C(=O)OC(C)(C)C)CC2)C=C1Cl. The number of allylic oxidation sites excluding steroid dienone is 4. The van der Waals surface area contributed by atoms with Gasteiger partial charge in [0.1, 0.15) is 5.60 Å². The standard InChI is InChI=1S/C17H24ClNO2/c1-12-5-6-14(11-15(12)18)13-7-9-19(10-8-13)16(20)21-17(2,3)4/h5,7,11,14H,6,8-10H2,1-4H3. The Morgan fingerprint density at radius 2 is 2.10 bits per heavy atom. The van der Waals surface area contributed by atoms with Gasteiger partial charge >= 0.3 is 6.09 Å². The van der Waals surface area contributed by atoms with E-state index in [1.54, 1.807) is 4.90 Å².